The van der Waals surface area contributed by atoms with Crippen molar-refractivity contribution in [2.24, 2.45) is 7.05 Å². The lowest BCUT2D eigenvalue weighted by molar-refractivity contribution is 0.102. The van der Waals surface area contributed by atoms with Crippen molar-refractivity contribution in [1.82, 2.24) is 24.0 Å². The monoisotopic (exact) mass is 376 g/mol. The maximum absolute atomic E-state index is 12.8. The smallest absolute Gasteiger partial charge is 0.261 e. The minimum Gasteiger partial charge on any atom is -0.334 e. The number of carbonyl (C=O) groups excluding carboxylic acids is 1. The van der Waals surface area contributed by atoms with Crippen LogP contribution in [0, 0.1) is 13.8 Å². The van der Waals surface area contributed by atoms with E-state index in [9.17, 15) is 13.2 Å². The minimum atomic E-state index is -3.01. The quantitative estimate of drug-likeness (QED) is 0.737. The Morgan fingerprint density at radius 1 is 1.31 bits per heavy atom. The molecule has 1 N–H and O–H groups in total. The predicted molar refractivity (Wildman–Crippen MR) is 96.1 cm³/mol. The molecule has 1 aliphatic heterocycles. The molecule has 10 heteroatoms. The van der Waals surface area contributed by atoms with Gasteiger partial charge in [0.15, 0.2) is 9.84 Å². The van der Waals surface area contributed by atoms with Crippen molar-refractivity contribution >= 4 is 27.1 Å². The summed E-state index contributed by atoms with van der Waals surface area (Å²) in [5, 5.41) is 11.6. The summed E-state index contributed by atoms with van der Waals surface area (Å²) in [6.45, 7) is 3.65. The van der Waals surface area contributed by atoms with Gasteiger partial charge in [0, 0.05) is 19.4 Å². The molecule has 4 rings (SSSR count). The largest absolute Gasteiger partial charge is 0.334 e. The average Bonchev–Trinajstić information content (AvgIpc) is 3.30. The maximum Gasteiger partial charge on any atom is 0.261 e. The number of amides is 1. The highest BCUT2D eigenvalue weighted by molar-refractivity contribution is 7.91. The maximum atomic E-state index is 12.8. The van der Waals surface area contributed by atoms with Crippen LogP contribution in [0.1, 0.15) is 34.2 Å². The molecule has 1 saturated heterocycles. The highest BCUT2D eigenvalue weighted by Gasteiger charge is 2.32. The van der Waals surface area contributed by atoms with Crippen LogP contribution in [0.3, 0.4) is 0 Å². The summed E-state index contributed by atoms with van der Waals surface area (Å²) in [6.07, 6.45) is 5.68. The van der Waals surface area contributed by atoms with E-state index in [-0.39, 0.29) is 23.5 Å². The lowest BCUT2D eigenvalue weighted by atomic mass is 10.2. The summed E-state index contributed by atoms with van der Waals surface area (Å²) in [5.41, 5.74) is 3.20. The van der Waals surface area contributed by atoms with Crippen LogP contribution in [0.25, 0.3) is 5.65 Å². The number of carbonyl (C=O) groups is 1. The van der Waals surface area contributed by atoms with E-state index in [0.717, 1.165) is 5.69 Å². The Kier molecular flexibility index (Phi) is 3.69. The Bertz CT molecular complexity index is 1120. The van der Waals surface area contributed by atoms with Crippen molar-refractivity contribution in [3.8, 4) is 0 Å². The third-order valence-electron chi connectivity index (χ3n) is 4.90. The van der Waals surface area contributed by atoms with Crippen molar-refractivity contribution in [2.45, 2.75) is 26.3 Å². The first-order chi connectivity index (χ1) is 12.3. The highest BCUT2D eigenvalue weighted by Crippen LogP contribution is 2.29. The fourth-order valence-corrected chi connectivity index (χ4v) is 5.25. The van der Waals surface area contributed by atoms with E-state index in [4.69, 9.17) is 0 Å². The number of anilines is 1. The van der Waals surface area contributed by atoms with Gasteiger partial charge in [-0.05, 0) is 20.3 Å². The van der Waals surface area contributed by atoms with E-state index in [1.165, 1.54) is 6.20 Å². The normalized spacial score (nSPS) is 19.3. The molecule has 1 atom stereocenters. The van der Waals surface area contributed by atoms with Crippen LogP contribution in [0.15, 0.2) is 18.6 Å². The molecule has 1 unspecified atom stereocenters. The Hall–Kier alpha value is -2.62. The van der Waals surface area contributed by atoms with Gasteiger partial charge >= 0.3 is 0 Å². The number of hydrogen-bond donors (Lipinski definition) is 1. The van der Waals surface area contributed by atoms with Gasteiger partial charge in [0.25, 0.3) is 5.91 Å². The molecule has 138 valence electrons. The molecular formula is C16H20N6O3S. The van der Waals surface area contributed by atoms with E-state index in [0.29, 0.717) is 29.0 Å². The summed E-state index contributed by atoms with van der Waals surface area (Å²) < 4.78 is 28.7. The van der Waals surface area contributed by atoms with Gasteiger partial charge in [0.2, 0.25) is 0 Å². The molecular weight excluding hydrogens is 356 g/mol. The predicted octanol–water partition coefficient (Wildman–Crippen LogP) is 1.10. The zero-order valence-corrected chi connectivity index (χ0v) is 15.6. The highest BCUT2D eigenvalue weighted by atomic mass is 32.2. The lowest BCUT2D eigenvalue weighted by Crippen LogP contribution is -2.16. The van der Waals surface area contributed by atoms with Gasteiger partial charge in [-0.25, -0.2) is 12.9 Å². The van der Waals surface area contributed by atoms with Gasteiger partial charge in [-0.3, -0.25) is 9.48 Å². The van der Waals surface area contributed by atoms with Gasteiger partial charge < -0.3 is 9.88 Å². The van der Waals surface area contributed by atoms with E-state index in [2.05, 4.69) is 15.5 Å². The van der Waals surface area contributed by atoms with Crippen molar-refractivity contribution in [3.05, 3.63) is 35.5 Å². The Labute approximate surface area is 150 Å². The van der Waals surface area contributed by atoms with Crippen LogP contribution in [0.2, 0.25) is 0 Å². The Morgan fingerprint density at radius 2 is 2.08 bits per heavy atom. The number of imidazole rings is 1. The number of fused-ring (bicyclic) bond motifs is 1. The molecule has 0 bridgehead atoms. The van der Waals surface area contributed by atoms with E-state index in [1.54, 1.807) is 22.3 Å². The van der Waals surface area contributed by atoms with Crippen LogP contribution < -0.4 is 5.32 Å². The molecule has 26 heavy (non-hydrogen) atoms. The lowest BCUT2D eigenvalue weighted by Gasteiger charge is -2.11. The summed E-state index contributed by atoms with van der Waals surface area (Å²) in [6, 6.07) is -0.180. The summed E-state index contributed by atoms with van der Waals surface area (Å²) in [5.74, 6) is 0.00146. The third kappa shape index (κ3) is 2.61. The van der Waals surface area contributed by atoms with E-state index < -0.39 is 9.84 Å². The Morgan fingerprint density at radius 3 is 2.77 bits per heavy atom. The molecule has 3 aromatic heterocycles. The van der Waals surface area contributed by atoms with Crippen LogP contribution in [-0.2, 0) is 16.9 Å². The van der Waals surface area contributed by atoms with Crippen LogP contribution in [-0.4, -0.2) is 49.8 Å². The molecule has 4 heterocycles. The molecule has 0 saturated carbocycles. The molecule has 1 aliphatic rings. The number of sulfone groups is 1. The second-order valence-electron chi connectivity index (χ2n) is 6.74. The van der Waals surface area contributed by atoms with Gasteiger partial charge in [-0.15, -0.1) is 0 Å². The SMILES string of the molecule is Cc1nn(C2CCS(=O)(=O)C2)c(C)c1NC(=O)c1cnn2ccn(C)c12. The second-order valence-corrected chi connectivity index (χ2v) is 8.97. The topological polar surface area (TPSA) is 103 Å². The second kappa shape index (κ2) is 5.70. The third-order valence-corrected chi connectivity index (χ3v) is 6.65. The number of aryl methyl sites for hydroxylation is 2. The fraction of sp³-hybridized carbons (Fsp3) is 0.438. The van der Waals surface area contributed by atoms with Crippen molar-refractivity contribution in [3.63, 3.8) is 0 Å². The Balaban J connectivity index is 1.64. The molecule has 0 spiro atoms. The van der Waals surface area contributed by atoms with E-state index in [1.807, 2.05) is 24.7 Å². The van der Waals surface area contributed by atoms with Crippen LogP contribution >= 0.6 is 0 Å². The van der Waals surface area contributed by atoms with Crippen molar-refractivity contribution in [2.75, 3.05) is 16.8 Å². The summed E-state index contributed by atoms with van der Waals surface area (Å²) >= 11 is 0. The fourth-order valence-electron chi connectivity index (χ4n) is 3.56. The molecule has 1 fully saturated rings. The average molecular weight is 376 g/mol. The standard InChI is InChI=1S/C16H20N6O3S/c1-10-14(11(2)22(19-10)12-4-7-26(24,25)9-12)18-15(23)13-8-17-21-6-5-20(3)16(13)21/h5-6,8,12H,4,7,9H2,1-3H3,(H,18,23). The molecule has 0 aliphatic carbocycles. The first-order valence-electron chi connectivity index (χ1n) is 8.33. The molecule has 1 amide bonds. The van der Waals surface area contributed by atoms with Crippen molar-refractivity contribution in [1.29, 1.82) is 0 Å². The first kappa shape index (κ1) is 16.8. The number of aromatic nitrogens is 5. The zero-order chi connectivity index (χ0) is 18.6. The van der Waals surface area contributed by atoms with E-state index >= 15 is 0 Å². The molecule has 0 aromatic carbocycles. The van der Waals surface area contributed by atoms with Crippen molar-refractivity contribution < 1.29 is 13.2 Å². The van der Waals surface area contributed by atoms with Gasteiger partial charge in [-0.2, -0.15) is 10.2 Å². The first-order valence-corrected chi connectivity index (χ1v) is 10.1. The minimum absolute atomic E-state index is 0.0930. The molecule has 3 aromatic rings. The number of hydrogen-bond acceptors (Lipinski definition) is 5. The number of nitrogens with zero attached hydrogens (tertiary/aromatic N) is 5. The van der Waals surface area contributed by atoms with Gasteiger partial charge in [0.1, 0.15) is 11.2 Å². The summed E-state index contributed by atoms with van der Waals surface area (Å²) in [4.78, 5) is 12.8. The van der Waals surface area contributed by atoms with Crippen LogP contribution in [0.4, 0.5) is 5.69 Å². The zero-order valence-electron chi connectivity index (χ0n) is 14.8. The summed E-state index contributed by atoms with van der Waals surface area (Å²) in [7, 11) is -1.16. The van der Waals surface area contributed by atoms with Crippen LogP contribution in [0.5, 0.6) is 0 Å². The number of rotatable bonds is 3. The molecule has 0 radical (unpaired) electrons. The van der Waals surface area contributed by atoms with Gasteiger partial charge in [-0.1, -0.05) is 0 Å². The molecule has 9 nitrogen and oxygen atoms in total. The van der Waals surface area contributed by atoms with Gasteiger partial charge in [0.05, 0.1) is 40.8 Å². The number of nitrogens with one attached hydrogen (secondary N) is 1.